The number of carbonyl (C=O) groups excluding carboxylic acids is 1. The molecular weight excluding hydrogens is 532 g/mol. The average Bonchev–Trinajstić information content (AvgIpc) is 3.54. The van der Waals surface area contributed by atoms with Crippen molar-refractivity contribution < 1.29 is 19.0 Å². The molecule has 2 aromatic heterocycles. The van der Waals surface area contributed by atoms with Gasteiger partial charge >= 0.3 is 5.97 Å². The fraction of sp³-hybridized carbons (Fsp3) is 0.0800. The molecule has 2 aromatic carbocycles. The number of methoxy groups -OCH3 is 1. The van der Waals surface area contributed by atoms with E-state index in [2.05, 4.69) is 32.2 Å². The largest absolute Gasteiger partial charge is 0.493 e. The van der Waals surface area contributed by atoms with E-state index in [4.69, 9.17) is 19.9 Å². The Kier molecular flexibility index (Phi) is 6.03. The first-order chi connectivity index (χ1) is 17.0. The highest BCUT2D eigenvalue weighted by atomic mass is 79.9. The first-order valence-electron chi connectivity index (χ1n) is 10.4. The summed E-state index contributed by atoms with van der Waals surface area (Å²) in [6.45, 7) is 0. The zero-order valence-corrected chi connectivity index (χ0v) is 20.6. The van der Waals surface area contributed by atoms with Crippen molar-refractivity contribution in [3.8, 4) is 34.7 Å². The summed E-state index contributed by atoms with van der Waals surface area (Å²) in [6, 6.07) is 18.4. The Balaban J connectivity index is 1.59. The monoisotopic (exact) mass is 548 g/mol. The minimum atomic E-state index is -0.586. The molecule has 0 radical (unpaired) electrons. The molecule has 1 unspecified atom stereocenters. The molecule has 1 aliphatic rings. The van der Waals surface area contributed by atoms with Crippen molar-refractivity contribution in [1.82, 2.24) is 10.2 Å². The van der Waals surface area contributed by atoms with E-state index in [0.29, 0.717) is 27.4 Å². The third-order valence-corrected chi connectivity index (χ3v) is 6.90. The number of rotatable bonds is 5. The van der Waals surface area contributed by atoms with Crippen LogP contribution in [0.1, 0.15) is 26.7 Å². The lowest BCUT2D eigenvalue weighted by molar-refractivity contribution is 0.0734. The van der Waals surface area contributed by atoms with E-state index in [-0.39, 0.29) is 23.1 Å². The van der Waals surface area contributed by atoms with Crippen LogP contribution in [0.4, 0.5) is 0 Å². The number of nitriles is 1. The van der Waals surface area contributed by atoms with Crippen LogP contribution in [0, 0.1) is 11.3 Å². The van der Waals surface area contributed by atoms with Crippen molar-refractivity contribution in [2.24, 2.45) is 5.73 Å². The molecule has 3 N–H and O–H groups in total. The van der Waals surface area contributed by atoms with E-state index >= 15 is 0 Å². The highest BCUT2D eigenvalue weighted by Gasteiger charge is 2.36. The molecule has 0 saturated carbocycles. The summed E-state index contributed by atoms with van der Waals surface area (Å²) in [4.78, 5) is 12.9. The van der Waals surface area contributed by atoms with E-state index in [9.17, 15) is 10.1 Å². The van der Waals surface area contributed by atoms with Gasteiger partial charge in [0.2, 0.25) is 11.8 Å². The normalized spacial score (nSPS) is 14.6. The molecule has 0 bridgehead atoms. The molecule has 1 aliphatic heterocycles. The first-order valence-corrected chi connectivity index (χ1v) is 12.0. The van der Waals surface area contributed by atoms with Crippen LogP contribution in [0.3, 0.4) is 0 Å². The standard InChI is InChI=1S/C25H17BrN4O4S/c1-32-18-11-14(6-9-17(18)33-25(31)19-3-2-10-35-19)20-16(12-27)23(28)34-24-21(20)22(29-30-24)13-4-7-15(26)8-5-13/h2-11,20H,28H2,1H3,(H,29,30). The van der Waals surface area contributed by atoms with Crippen LogP contribution in [-0.2, 0) is 0 Å². The van der Waals surface area contributed by atoms with Crippen LogP contribution in [-0.4, -0.2) is 23.3 Å². The number of H-pyrrole nitrogens is 1. The number of ether oxygens (including phenoxy) is 3. The van der Waals surface area contributed by atoms with Gasteiger partial charge < -0.3 is 19.9 Å². The van der Waals surface area contributed by atoms with E-state index < -0.39 is 11.9 Å². The number of allylic oxidation sites excluding steroid dienone is 1. The fourth-order valence-corrected chi connectivity index (χ4v) is 4.77. The predicted molar refractivity (Wildman–Crippen MR) is 133 cm³/mol. The third-order valence-electron chi connectivity index (χ3n) is 5.52. The summed E-state index contributed by atoms with van der Waals surface area (Å²) in [7, 11) is 1.48. The van der Waals surface area contributed by atoms with Crippen molar-refractivity contribution >= 4 is 33.2 Å². The Labute approximate surface area is 212 Å². The fourth-order valence-electron chi connectivity index (χ4n) is 3.91. The number of halogens is 1. The minimum absolute atomic E-state index is 0.0222. The van der Waals surface area contributed by atoms with Gasteiger partial charge in [-0.05, 0) is 41.3 Å². The summed E-state index contributed by atoms with van der Waals surface area (Å²) in [5.41, 5.74) is 9.26. The second-order valence-corrected chi connectivity index (χ2v) is 9.39. The Hall–Kier alpha value is -4.07. The lowest BCUT2D eigenvalue weighted by Gasteiger charge is -2.24. The Morgan fingerprint density at radius 2 is 2.03 bits per heavy atom. The zero-order valence-electron chi connectivity index (χ0n) is 18.2. The summed E-state index contributed by atoms with van der Waals surface area (Å²) in [5, 5.41) is 19.1. The number of nitrogens with zero attached hydrogens (tertiary/aromatic N) is 2. The molecule has 0 amide bonds. The maximum absolute atomic E-state index is 12.5. The molecule has 4 aromatic rings. The number of hydrogen-bond acceptors (Lipinski definition) is 8. The van der Waals surface area contributed by atoms with Gasteiger partial charge in [0.15, 0.2) is 11.5 Å². The van der Waals surface area contributed by atoms with Gasteiger partial charge in [-0.3, -0.25) is 5.10 Å². The van der Waals surface area contributed by atoms with Crippen molar-refractivity contribution in [2.45, 2.75) is 5.92 Å². The molecule has 35 heavy (non-hydrogen) atoms. The van der Waals surface area contributed by atoms with Crippen LogP contribution in [0.2, 0.25) is 0 Å². The second-order valence-electron chi connectivity index (χ2n) is 7.53. The number of fused-ring (bicyclic) bond motifs is 1. The molecule has 5 rings (SSSR count). The van der Waals surface area contributed by atoms with Crippen LogP contribution in [0.5, 0.6) is 17.4 Å². The number of aromatic nitrogens is 2. The van der Waals surface area contributed by atoms with Gasteiger partial charge in [-0.1, -0.05) is 40.2 Å². The zero-order chi connectivity index (χ0) is 24.5. The maximum atomic E-state index is 12.5. The van der Waals surface area contributed by atoms with Crippen LogP contribution in [0.25, 0.3) is 11.3 Å². The lowest BCUT2D eigenvalue weighted by atomic mass is 9.83. The van der Waals surface area contributed by atoms with E-state index in [1.807, 2.05) is 24.3 Å². The number of aromatic amines is 1. The molecule has 0 aliphatic carbocycles. The SMILES string of the molecule is COc1cc(C2C(C#N)=C(N)Oc3n[nH]c(-c4ccc(Br)cc4)c32)ccc1OC(=O)c1cccs1. The van der Waals surface area contributed by atoms with E-state index in [1.54, 1.807) is 35.7 Å². The highest BCUT2D eigenvalue weighted by Crippen LogP contribution is 2.47. The van der Waals surface area contributed by atoms with Crippen LogP contribution >= 0.6 is 27.3 Å². The summed E-state index contributed by atoms with van der Waals surface area (Å²) in [5.74, 6) is -0.198. The molecule has 3 heterocycles. The average molecular weight is 549 g/mol. The summed E-state index contributed by atoms with van der Waals surface area (Å²) in [6.07, 6.45) is 0. The number of nitrogens with two attached hydrogens (primary N) is 1. The molecule has 10 heteroatoms. The number of thiophene rings is 1. The maximum Gasteiger partial charge on any atom is 0.353 e. The van der Waals surface area contributed by atoms with Gasteiger partial charge in [-0.25, -0.2) is 4.79 Å². The van der Waals surface area contributed by atoms with E-state index in [1.165, 1.54) is 18.4 Å². The van der Waals surface area contributed by atoms with Gasteiger partial charge in [0.25, 0.3) is 0 Å². The quantitative estimate of drug-likeness (QED) is 0.254. The summed E-state index contributed by atoms with van der Waals surface area (Å²) < 4.78 is 17.7. The topological polar surface area (TPSA) is 123 Å². The number of hydrogen-bond donors (Lipinski definition) is 2. The summed E-state index contributed by atoms with van der Waals surface area (Å²) >= 11 is 4.73. The smallest absolute Gasteiger partial charge is 0.353 e. The first kappa shape index (κ1) is 22.7. The van der Waals surface area contributed by atoms with Crippen molar-refractivity contribution in [3.05, 3.63) is 91.9 Å². The Morgan fingerprint density at radius 1 is 1.23 bits per heavy atom. The minimum Gasteiger partial charge on any atom is -0.493 e. The van der Waals surface area contributed by atoms with Crippen LogP contribution in [0.15, 0.2) is 75.9 Å². The molecule has 0 saturated heterocycles. The van der Waals surface area contributed by atoms with Crippen molar-refractivity contribution in [1.29, 1.82) is 5.26 Å². The molecule has 1 atom stereocenters. The van der Waals surface area contributed by atoms with Gasteiger partial charge in [0.1, 0.15) is 16.5 Å². The Bertz CT molecular complexity index is 1490. The number of benzene rings is 2. The molecule has 0 fully saturated rings. The second kappa shape index (κ2) is 9.29. The molecule has 8 nitrogen and oxygen atoms in total. The van der Waals surface area contributed by atoms with Gasteiger partial charge in [0.05, 0.1) is 24.3 Å². The van der Waals surface area contributed by atoms with Gasteiger partial charge in [0, 0.05) is 10.0 Å². The molecular formula is C25H17BrN4O4S. The molecule has 0 spiro atoms. The van der Waals surface area contributed by atoms with Crippen LogP contribution < -0.4 is 19.9 Å². The van der Waals surface area contributed by atoms with Gasteiger partial charge in [-0.15, -0.1) is 16.4 Å². The van der Waals surface area contributed by atoms with E-state index in [0.717, 1.165) is 10.0 Å². The lowest BCUT2D eigenvalue weighted by Crippen LogP contribution is -2.21. The third kappa shape index (κ3) is 4.16. The molecule has 174 valence electrons. The number of carbonyl (C=O) groups is 1. The number of esters is 1. The van der Waals surface area contributed by atoms with Crippen molar-refractivity contribution in [3.63, 3.8) is 0 Å². The number of nitrogens with one attached hydrogen (secondary N) is 1. The predicted octanol–water partition coefficient (Wildman–Crippen LogP) is 5.35. The highest BCUT2D eigenvalue weighted by molar-refractivity contribution is 9.10. The Morgan fingerprint density at radius 3 is 2.71 bits per heavy atom. The van der Waals surface area contributed by atoms with Crippen molar-refractivity contribution in [2.75, 3.05) is 7.11 Å². The van der Waals surface area contributed by atoms with Gasteiger partial charge in [-0.2, -0.15) is 5.26 Å².